The monoisotopic (exact) mass is 414 g/mol. The molecule has 1 N–H and O–H groups in total. The van der Waals surface area contributed by atoms with Gasteiger partial charge in [0.2, 0.25) is 0 Å². The zero-order valence-electron chi connectivity index (χ0n) is 15.3. The number of nitrogens with one attached hydrogen (secondary N) is 1. The van der Waals surface area contributed by atoms with Crippen LogP contribution in [0.3, 0.4) is 0 Å². The van der Waals surface area contributed by atoms with Crippen molar-refractivity contribution >= 4 is 34.5 Å². The molecular formula is C21H19ClN2O3S. The molecule has 0 saturated heterocycles. The van der Waals surface area contributed by atoms with Crippen LogP contribution in [0, 0.1) is 6.92 Å². The molecule has 4 rings (SSSR count). The first kappa shape index (κ1) is 18.8. The highest BCUT2D eigenvalue weighted by Crippen LogP contribution is 2.38. The van der Waals surface area contributed by atoms with Crippen molar-refractivity contribution in [2.24, 2.45) is 0 Å². The Balaban J connectivity index is 1.53. The number of benzene rings is 2. The van der Waals surface area contributed by atoms with E-state index in [9.17, 15) is 4.79 Å². The number of nitrogens with zero attached hydrogens (tertiary/aromatic N) is 1. The molecular weight excluding hydrogens is 396 g/mol. The van der Waals surface area contributed by atoms with E-state index < -0.39 is 0 Å². The second-order valence-electron chi connectivity index (χ2n) is 6.47. The Morgan fingerprint density at radius 2 is 1.89 bits per heavy atom. The van der Waals surface area contributed by atoms with Gasteiger partial charge in [-0.3, -0.25) is 4.79 Å². The summed E-state index contributed by atoms with van der Waals surface area (Å²) in [6.07, 6.45) is 1.50. The summed E-state index contributed by atoms with van der Waals surface area (Å²) in [5.41, 5.74) is 2.36. The van der Waals surface area contributed by atoms with Crippen LogP contribution in [-0.2, 0) is 6.42 Å². The van der Waals surface area contributed by atoms with Crippen molar-refractivity contribution < 1.29 is 14.3 Å². The van der Waals surface area contributed by atoms with E-state index in [2.05, 4.69) is 10.3 Å². The summed E-state index contributed by atoms with van der Waals surface area (Å²) >= 11 is 7.73. The Bertz CT molecular complexity index is 1000. The lowest BCUT2D eigenvalue weighted by Gasteiger charge is -2.12. The van der Waals surface area contributed by atoms with Crippen LogP contribution in [0.15, 0.2) is 42.5 Å². The van der Waals surface area contributed by atoms with Crippen LogP contribution in [0.5, 0.6) is 11.5 Å². The smallest absolute Gasteiger partial charge is 0.267 e. The average molecular weight is 415 g/mol. The third-order valence-electron chi connectivity index (χ3n) is 4.33. The van der Waals surface area contributed by atoms with Gasteiger partial charge in [-0.05, 0) is 12.5 Å². The van der Waals surface area contributed by atoms with Crippen molar-refractivity contribution in [3.8, 4) is 11.5 Å². The van der Waals surface area contributed by atoms with Crippen LogP contribution >= 0.6 is 22.9 Å². The molecule has 1 aliphatic heterocycles. The number of ether oxygens (including phenoxy) is 2. The zero-order chi connectivity index (χ0) is 19.5. The van der Waals surface area contributed by atoms with Gasteiger partial charge in [0.05, 0.1) is 34.6 Å². The Kier molecular flexibility index (Phi) is 5.50. The summed E-state index contributed by atoms with van der Waals surface area (Å²) in [6.45, 7) is 2.99. The molecule has 3 aromatic rings. The molecule has 0 fully saturated rings. The second-order valence-corrected chi connectivity index (χ2v) is 7.96. The Morgan fingerprint density at radius 3 is 2.64 bits per heavy atom. The number of hydrogen-bond donors (Lipinski definition) is 1. The number of thiazole rings is 1. The van der Waals surface area contributed by atoms with E-state index in [0.717, 1.165) is 17.0 Å². The molecule has 0 aliphatic carbocycles. The van der Waals surface area contributed by atoms with Gasteiger partial charge in [-0.25, -0.2) is 4.98 Å². The largest absolute Gasteiger partial charge is 0.490 e. The molecule has 7 heteroatoms. The van der Waals surface area contributed by atoms with Crippen molar-refractivity contribution in [3.63, 3.8) is 0 Å². The molecule has 0 saturated carbocycles. The van der Waals surface area contributed by atoms with E-state index in [1.807, 2.05) is 37.3 Å². The SMILES string of the molecule is Cc1nc(Cc2ccccc2)sc1C(=O)Nc1cc2c(cc1Cl)OCCCO2. The third kappa shape index (κ3) is 4.13. The molecule has 0 bridgehead atoms. The molecule has 0 spiro atoms. The van der Waals surface area contributed by atoms with Gasteiger partial charge in [-0.2, -0.15) is 0 Å². The summed E-state index contributed by atoms with van der Waals surface area (Å²) in [5.74, 6) is 0.952. The molecule has 2 heterocycles. The quantitative estimate of drug-likeness (QED) is 0.644. The van der Waals surface area contributed by atoms with Gasteiger partial charge in [-0.1, -0.05) is 41.9 Å². The number of carbonyl (C=O) groups is 1. The fourth-order valence-corrected chi connectivity index (χ4v) is 4.16. The Labute approximate surface area is 172 Å². The van der Waals surface area contributed by atoms with E-state index in [-0.39, 0.29) is 5.91 Å². The van der Waals surface area contributed by atoms with E-state index in [1.165, 1.54) is 11.3 Å². The third-order valence-corrected chi connectivity index (χ3v) is 5.80. The van der Waals surface area contributed by atoms with E-state index in [4.69, 9.17) is 21.1 Å². The number of anilines is 1. The average Bonchev–Trinajstić information content (AvgIpc) is 2.90. The molecule has 28 heavy (non-hydrogen) atoms. The van der Waals surface area contributed by atoms with Crippen LogP contribution in [0.4, 0.5) is 5.69 Å². The van der Waals surface area contributed by atoms with Crippen LogP contribution in [0.25, 0.3) is 0 Å². The maximum absolute atomic E-state index is 12.8. The molecule has 1 aliphatic rings. The molecule has 1 aromatic heterocycles. The summed E-state index contributed by atoms with van der Waals surface area (Å²) in [7, 11) is 0. The van der Waals surface area contributed by atoms with Gasteiger partial charge in [-0.15, -0.1) is 11.3 Å². The highest BCUT2D eigenvalue weighted by Gasteiger charge is 2.19. The number of carbonyl (C=O) groups excluding carboxylic acids is 1. The summed E-state index contributed by atoms with van der Waals surface area (Å²) < 4.78 is 11.3. The number of halogens is 1. The standard InChI is InChI=1S/C21H19ClN2O3S/c1-13-20(28-19(23-13)10-14-6-3-2-4-7-14)21(25)24-16-12-18-17(11-15(16)22)26-8-5-9-27-18/h2-4,6-7,11-12H,5,8-10H2,1H3,(H,24,25). The highest BCUT2D eigenvalue weighted by molar-refractivity contribution is 7.14. The maximum Gasteiger partial charge on any atom is 0.267 e. The van der Waals surface area contributed by atoms with Crippen LogP contribution in [0.2, 0.25) is 5.02 Å². The minimum Gasteiger partial charge on any atom is -0.490 e. The lowest BCUT2D eigenvalue weighted by atomic mass is 10.2. The number of aryl methyl sites for hydroxylation is 1. The van der Waals surface area contributed by atoms with Gasteiger partial charge < -0.3 is 14.8 Å². The number of hydrogen-bond acceptors (Lipinski definition) is 5. The van der Waals surface area contributed by atoms with E-state index >= 15 is 0 Å². The predicted octanol–water partition coefficient (Wildman–Crippen LogP) is 5.11. The summed E-state index contributed by atoms with van der Waals surface area (Å²) in [5, 5.41) is 4.19. The Morgan fingerprint density at radius 1 is 1.18 bits per heavy atom. The Hall–Kier alpha value is -2.57. The molecule has 1 amide bonds. The summed E-state index contributed by atoms with van der Waals surface area (Å²) in [6, 6.07) is 13.5. The zero-order valence-corrected chi connectivity index (χ0v) is 16.9. The molecule has 0 atom stereocenters. The normalized spacial score (nSPS) is 13.1. The number of aromatic nitrogens is 1. The van der Waals surface area contributed by atoms with Gasteiger partial charge in [0, 0.05) is 25.0 Å². The molecule has 0 radical (unpaired) electrons. The first-order valence-electron chi connectivity index (χ1n) is 9.01. The van der Waals surface area contributed by atoms with Crippen molar-refractivity contribution in [3.05, 3.63) is 68.6 Å². The molecule has 144 valence electrons. The first-order valence-corrected chi connectivity index (χ1v) is 10.2. The predicted molar refractivity (Wildman–Crippen MR) is 111 cm³/mol. The maximum atomic E-state index is 12.8. The number of rotatable bonds is 4. The first-order chi connectivity index (χ1) is 13.6. The lowest BCUT2D eigenvalue weighted by molar-refractivity contribution is 0.103. The fraction of sp³-hybridized carbons (Fsp3) is 0.238. The molecule has 5 nitrogen and oxygen atoms in total. The molecule has 0 unspecified atom stereocenters. The van der Waals surface area contributed by atoms with Gasteiger partial charge in [0.25, 0.3) is 5.91 Å². The summed E-state index contributed by atoms with van der Waals surface area (Å²) in [4.78, 5) is 17.9. The number of fused-ring (bicyclic) bond motifs is 1. The number of amides is 1. The van der Waals surface area contributed by atoms with Gasteiger partial charge in [0.15, 0.2) is 11.5 Å². The fourth-order valence-electron chi connectivity index (χ4n) is 2.97. The highest BCUT2D eigenvalue weighted by atomic mass is 35.5. The van der Waals surface area contributed by atoms with E-state index in [0.29, 0.717) is 52.4 Å². The van der Waals surface area contributed by atoms with E-state index in [1.54, 1.807) is 12.1 Å². The minimum atomic E-state index is -0.231. The van der Waals surface area contributed by atoms with Crippen molar-refractivity contribution in [1.82, 2.24) is 4.98 Å². The van der Waals surface area contributed by atoms with Gasteiger partial charge in [0.1, 0.15) is 4.88 Å². The van der Waals surface area contributed by atoms with Crippen molar-refractivity contribution in [2.45, 2.75) is 19.8 Å². The molecule has 2 aromatic carbocycles. The van der Waals surface area contributed by atoms with Crippen molar-refractivity contribution in [1.29, 1.82) is 0 Å². The minimum absolute atomic E-state index is 0.231. The lowest BCUT2D eigenvalue weighted by Crippen LogP contribution is -2.12. The van der Waals surface area contributed by atoms with Crippen LogP contribution in [-0.4, -0.2) is 24.1 Å². The van der Waals surface area contributed by atoms with Crippen LogP contribution < -0.4 is 14.8 Å². The van der Waals surface area contributed by atoms with Crippen molar-refractivity contribution in [2.75, 3.05) is 18.5 Å². The van der Waals surface area contributed by atoms with Crippen LogP contribution in [0.1, 0.15) is 32.4 Å². The second kappa shape index (κ2) is 8.20. The topological polar surface area (TPSA) is 60.5 Å². The van der Waals surface area contributed by atoms with Gasteiger partial charge >= 0.3 is 0 Å².